The van der Waals surface area contributed by atoms with Crippen LogP contribution in [0.1, 0.15) is 42.7 Å². The molecule has 0 saturated heterocycles. The number of rotatable bonds is 4. The zero-order valence-corrected chi connectivity index (χ0v) is 13.1. The van der Waals surface area contributed by atoms with Crippen LogP contribution in [0.4, 0.5) is 0 Å². The van der Waals surface area contributed by atoms with Crippen molar-refractivity contribution in [2.24, 2.45) is 28.3 Å². The molecule has 0 fully saturated rings. The summed E-state index contributed by atoms with van der Waals surface area (Å²) in [5, 5.41) is 0. The highest BCUT2D eigenvalue weighted by molar-refractivity contribution is 6.00. The number of carbonyl (C=O) groups excluding carboxylic acids is 2. The minimum atomic E-state index is -0.506. The van der Waals surface area contributed by atoms with E-state index in [1.165, 1.54) is 0 Å². The van der Waals surface area contributed by atoms with Crippen LogP contribution in [0.15, 0.2) is 29.3 Å². The van der Waals surface area contributed by atoms with E-state index in [0.717, 1.165) is 5.56 Å². The molecule has 1 aliphatic heterocycles. The number of guanidine groups is 1. The van der Waals surface area contributed by atoms with Crippen LogP contribution in [-0.2, 0) is 4.79 Å². The van der Waals surface area contributed by atoms with Crippen LogP contribution in [0.2, 0.25) is 0 Å². The lowest BCUT2D eigenvalue weighted by Gasteiger charge is -2.30. The van der Waals surface area contributed by atoms with Crippen LogP contribution >= 0.6 is 0 Å². The van der Waals surface area contributed by atoms with Crippen LogP contribution in [0.5, 0.6) is 0 Å². The zero-order chi connectivity index (χ0) is 16.4. The largest absolute Gasteiger partial charge is 0.370 e. The Morgan fingerprint density at radius 3 is 2.50 bits per heavy atom. The van der Waals surface area contributed by atoms with Crippen molar-refractivity contribution in [2.75, 3.05) is 6.54 Å². The van der Waals surface area contributed by atoms with Crippen LogP contribution in [-0.4, -0.2) is 29.2 Å². The number of nitrogens with two attached hydrogens (primary N) is 2. The molecule has 0 aromatic heterocycles. The van der Waals surface area contributed by atoms with Crippen molar-refractivity contribution in [3.8, 4) is 0 Å². The van der Waals surface area contributed by atoms with Crippen molar-refractivity contribution >= 4 is 17.8 Å². The number of benzene rings is 1. The molecule has 1 aromatic rings. The number of nitrogens with zero attached hydrogens (tertiary/aromatic N) is 2. The van der Waals surface area contributed by atoms with E-state index < -0.39 is 11.8 Å². The first-order valence-corrected chi connectivity index (χ1v) is 7.36. The molecule has 2 rings (SSSR count). The molecule has 0 saturated carbocycles. The number of hydrogen-bond acceptors (Lipinski definition) is 2. The van der Waals surface area contributed by atoms with Gasteiger partial charge in [-0.15, -0.1) is 0 Å². The van der Waals surface area contributed by atoms with E-state index in [1.54, 1.807) is 17.9 Å². The van der Waals surface area contributed by atoms with Gasteiger partial charge in [-0.2, -0.15) is 4.99 Å². The number of hydrogen-bond donors (Lipinski definition) is 2. The highest BCUT2D eigenvalue weighted by atomic mass is 16.2. The first-order chi connectivity index (χ1) is 10.3. The molecule has 1 aliphatic rings. The van der Waals surface area contributed by atoms with E-state index in [4.69, 9.17) is 11.5 Å². The smallest absolute Gasteiger partial charge is 0.254 e. The summed E-state index contributed by atoms with van der Waals surface area (Å²) < 4.78 is 0. The lowest BCUT2D eigenvalue weighted by Crippen LogP contribution is -2.37. The van der Waals surface area contributed by atoms with Gasteiger partial charge < -0.3 is 16.4 Å². The van der Waals surface area contributed by atoms with E-state index in [2.05, 4.69) is 4.99 Å². The summed E-state index contributed by atoms with van der Waals surface area (Å²) in [5.74, 6) is -0.925. The Morgan fingerprint density at radius 2 is 1.91 bits per heavy atom. The van der Waals surface area contributed by atoms with Crippen molar-refractivity contribution in [1.82, 2.24) is 4.90 Å². The van der Waals surface area contributed by atoms with Crippen molar-refractivity contribution in [1.29, 1.82) is 0 Å². The molecule has 0 aliphatic carbocycles. The molecular weight excluding hydrogens is 280 g/mol. The summed E-state index contributed by atoms with van der Waals surface area (Å²) in [4.78, 5) is 30.2. The summed E-state index contributed by atoms with van der Waals surface area (Å²) in [6.07, 6.45) is 0. The fourth-order valence-electron chi connectivity index (χ4n) is 2.89. The molecule has 2 unspecified atom stereocenters. The van der Waals surface area contributed by atoms with Gasteiger partial charge in [0.25, 0.3) is 11.8 Å². The molecule has 1 heterocycles. The van der Waals surface area contributed by atoms with Crippen LogP contribution in [0.3, 0.4) is 0 Å². The Labute approximate surface area is 130 Å². The first kappa shape index (κ1) is 16.0. The van der Waals surface area contributed by atoms with E-state index in [1.807, 2.05) is 32.0 Å². The van der Waals surface area contributed by atoms with E-state index in [-0.39, 0.29) is 17.9 Å². The Bertz CT molecular complexity index is 620. The molecule has 2 amide bonds. The third kappa shape index (κ3) is 2.95. The molecule has 22 heavy (non-hydrogen) atoms. The highest BCUT2D eigenvalue weighted by Gasteiger charge is 2.41. The molecule has 0 bridgehead atoms. The van der Waals surface area contributed by atoms with E-state index in [9.17, 15) is 9.59 Å². The third-order valence-electron chi connectivity index (χ3n) is 3.77. The molecule has 2 atom stereocenters. The SMILES string of the molecule is CC(C)CN1C(=O)c2ccccc2C1C(C)C(=O)N=C(N)N. The molecule has 6 nitrogen and oxygen atoms in total. The number of carbonyl (C=O) groups is 2. The van der Waals surface area contributed by atoms with Crippen LogP contribution in [0, 0.1) is 11.8 Å². The molecule has 0 radical (unpaired) electrons. The monoisotopic (exact) mass is 302 g/mol. The summed E-state index contributed by atoms with van der Waals surface area (Å²) in [6.45, 7) is 6.41. The lowest BCUT2D eigenvalue weighted by atomic mass is 9.93. The maximum absolute atomic E-state index is 12.6. The average molecular weight is 302 g/mol. The quantitative estimate of drug-likeness (QED) is 0.646. The predicted molar refractivity (Wildman–Crippen MR) is 85.0 cm³/mol. The van der Waals surface area contributed by atoms with Crippen molar-refractivity contribution in [3.05, 3.63) is 35.4 Å². The van der Waals surface area contributed by atoms with E-state index in [0.29, 0.717) is 18.0 Å². The number of fused-ring (bicyclic) bond motifs is 1. The fraction of sp³-hybridized carbons (Fsp3) is 0.438. The maximum atomic E-state index is 12.6. The van der Waals surface area contributed by atoms with Gasteiger partial charge in [-0.3, -0.25) is 9.59 Å². The van der Waals surface area contributed by atoms with Gasteiger partial charge in [0.05, 0.1) is 12.0 Å². The molecule has 4 N–H and O–H groups in total. The van der Waals surface area contributed by atoms with Crippen molar-refractivity contribution < 1.29 is 9.59 Å². The Kier molecular flexibility index (Phi) is 4.49. The van der Waals surface area contributed by atoms with Gasteiger partial charge >= 0.3 is 0 Å². The average Bonchev–Trinajstić information content (AvgIpc) is 2.70. The second kappa shape index (κ2) is 6.17. The van der Waals surface area contributed by atoms with Crippen LogP contribution < -0.4 is 11.5 Å². The fourth-order valence-corrected chi connectivity index (χ4v) is 2.89. The first-order valence-electron chi connectivity index (χ1n) is 7.36. The standard InChI is InChI=1S/C16H22N4O2/c1-9(2)8-20-13(10(3)14(21)19-16(17)18)11-6-4-5-7-12(11)15(20)22/h4-7,9-10,13H,8H2,1-3H3,(H4,17,18,19,21). The maximum Gasteiger partial charge on any atom is 0.254 e. The number of amides is 2. The van der Waals surface area contributed by atoms with Crippen LogP contribution in [0.25, 0.3) is 0 Å². The molecule has 118 valence electrons. The van der Waals surface area contributed by atoms with Gasteiger partial charge in [0.2, 0.25) is 0 Å². The van der Waals surface area contributed by atoms with E-state index >= 15 is 0 Å². The third-order valence-corrected chi connectivity index (χ3v) is 3.77. The highest BCUT2D eigenvalue weighted by Crippen LogP contribution is 2.39. The topological polar surface area (TPSA) is 102 Å². The molecule has 6 heteroatoms. The Hall–Kier alpha value is -2.37. The second-order valence-corrected chi connectivity index (χ2v) is 6.05. The van der Waals surface area contributed by atoms with Gasteiger partial charge in [-0.25, -0.2) is 0 Å². The molecule has 1 aromatic carbocycles. The molecule has 0 spiro atoms. The van der Waals surface area contributed by atoms with Gasteiger partial charge in [-0.1, -0.05) is 39.0 Å². The summed E-state index contributed by atoms with van der Waals surface area (Å²) in [6, 6.07) is 7.05. The summed E-state index contributed by atoms with van der Waals surface area (Å²) in [5.41, 5.74) is 12.1. The predicted octanol–water partition coefficient (Wildman–Crippen LogP) is 1.28. The Morgan fingerprint density at radius 1 is 1.27 bits per heavy atom. The zero-order valence-electron chi connectivity index (χ0n) is 13.1. The number of aliphatic imine (C=N–C) groups is 1. The second-order valence-electron chi connectivity index (χ2n) is 6.05. The van der Waals surface area contributed by atoms with Crippen molar-refractivity contribution in [3.63, 3.8) is 0 Å². The van der Waals surface area contributed by atoms with Gasteiger partial charge in [-0.05, 0) is 17.5 Å². The van der Waals surface area contributed by atoms with Gasteiger partial charge in [0.15, 0.2) is 5.96 Å². The minimum absolute atomic E-state index is 0.0429. The Balaban J connectivity index is 2.42. The summed E-state index contributed by atoms with van der Waals surface area (Å²) in [7, 11) is 0. The summed E-state index contributed by atoms with van der Waals surface area (Å²) >= 11 is 0. The molecular formula is C16H22N4O2. The minimum Gasteiger partial charge on any atom is -0.370 e. The van der Waals surface area contributed by atoms with Crippen molar-refractivity contribution in [2.45, 2.75) is 26.8 Å². The normalized spacial score (nSPS) is 18.3. The lowest BCUT2D eigenvalue weighted by molar-refractivity contribution is -0.122. The van der Waals surface area contributed by atoms with Gasteiger partial charge in [0, 0.05) is 12.1 Å². The van der Waals surface area contributed by atoms with Gasteiger partial charge in [0.1, 0.15) is 0 Å².